The minimum atomic E-state index is -1.05. The summed E-state index contributed by atoms with van der Waals surface area (Å²) in [4.78, 5) is 13.7. The molecule has 0 spiro atoms. The number of hydrazine groups is 1. The summed E-state index contributed by atoms with van der Waals surface area (Å²) in [7, 11) is 2.68. The SMILES string of the molecule is COC(=O)COc1ccc(CN2CCC(NN)CC2)cc1OCC(O)OC. The maximum atomic E-state index is 11.3. The van der Waals surface area contributed by atoms with Crippen LogP contribution in [0.15, 0.2) is 18.2 Å². The van der Waals surface area contributed by atoms with Crippen molar-refractivity contribution in [3.63, 3.8) is 0 Å². The highest BCUT2D eigenvalue weighted by molar-refractivity contribution is 5.71. The van der Waals surface area contributed by atoms with Gasteiger partial charge in [-0.15, -0.1) is 0 Å². The largest absolute Gasteiger partial charge is 0.484 e. The molecule has 0 saturated carbocycles. The Kier molecular flexibility index (Phi) is 8.76. The molecule has 9 nitrogen and oxygen atoms in total. The molecule has 1 unspecified atom stereocenters. The summed E-state index contributed by atoms with van der Waals surface area (Å²) >= 11 is 0. The number of ether oxygens (including phenoxy) is 4. The van der Waals surface area contributed by atoms with E-state index in [-0.39, 0.29) is 13.2 Å². The summed E-state index contributed by atoms with van der Waals surface area (Å²) in [6.07, 6.45) is 0.949. The van der Waals surface area contributed by atoms with Crippen molar-refractivity contribution in [2.24, 2.45) is 5.84 Å². The van der Waals surface area contributed by atoms with Crippen LogP contribution in [0.3, 0.4) is 0 Å². The van der Waals surface area contributed by atoms with Crippen LogP contribution in [-0.2, 0) is 20.8 Å². The predicted octanol–water partition coefficient (Wildman–Crippen LogP) is 0.00970. The Hall–Kier alpha value is -1.91. The number of nitrogens with one attached hydrogen (secondary N) is 1. The van der Waals surface area contributed by atoms with Crippen molar-refractivity contribution < 1.29 is 28.8 Å². The average Bonchev–Trinajstić information content (AvgIpc) is 2.71. The van der Waals surface area contributed by atoms with Crippen LogP contribution in [0.1, 0.15) is 18.4 Å². The first-order valence-corrected chi connectivity index (χ1v) is 8.90. The summed E-state index contributed by atoms with van der Waals surface area (Å²) < 4.78 is 20.5. The Morgan fingerprint density at radius 3 is 2.67 bits per heavy atom. The number of carbonyl (C=O) groups is 1. The zero-order valence-electron chi connectivity index (χ0n) is 15.8. The number of rotatable bonds is 10. The van der Waals surface area contributed by atoms with E-state index in [2.05, 4.69) is 15.1 Å². The zero-order valence-corrected chi connectivity index (χ0v) is 15.8. The number of aliphatic hydroxyl groups excluding tert-OH is 1. The second-order valence-electron chi connectivity index (χ2n) is 6.36. The minimum absolute atomic E-state index is 0.0535. The van der Waals surface area contributed by atoms with Crippen LogP contribution in [0, 0.1) is 0 Å². The van der Waals surface area contributed by atoms with Crippen LogP contribution < -0.4 is 20.7 Å². The van der Waals surface area contributed by atoms with Gasteiger partial charge >= 0.3 is 5.97 Å². The third-order valence-corrected chi connectivity index (χ3v) is 4.46. The molecule has 9 heteroatoms. The van der Waals surface area contributed by atoms with Gasteiger partial charge < -0.3 is 24.1 Å². The fourth-order valence-electron chi connectivity index (χ4n) is 2.82. The van der Waals surface area contributed by atoms with Gasteiger partial charge in [-0.1, -0.05) is 6.07 Å². The number of piperidine rings is 1. The van der Waals surface area contributed by atoms with E-state index in [1.54, 1.807) is 6.07 Å². The molecule has 4 N–H and O–H groups in total. The van der Waals surface area contributed by atoms with Crippen LogP contribution in [-0.4, -0.2) is 68.8 Å². The molecular formula is C18H29N3O6. The van der Waals surface area contributed by atoms with Crippen LogP contribution in [0.4, 0.5) is 0 Å². The molecule has 0 radical (unpaired) electrons. The van der Waals surface area contributed by atoms with Crippen LogP contribution in [0.5, 0.6) is 11.5 Å². The molecule has 1 saturated heterocycles. The van der Waals surface area contributed by atoms with Gasteiger partial charge in [0.25, 0.3) is 0 Å². The lowest BCUT2D eigenvalue weighted by Gasteiger charge is -2.31. The van der Waals surface area contributed by atoms with Gasteiger partial charge in [0.2, 0.25) is 0 Å². The minimum Gasteiger partial charge on any atom is -0.484 e. The summed E-state index contributed by atoms with van der Waals surface area (Å²) in [6, 6.07) is 5.90. The molecule has 0 amide bonds. The highest BCUT2D eigenvalue weighted by Gasteiger charge is 2.19. The topological polar surface area (TPSA) is 116 Å². The van der Waals surface area contributed by atoms with E-state index in [1.165, 1.54) is 14.2 Å². The van der Waals surface area contributed by atoms with Crippen LogP contribution in [0.25, 0.3) is 0 Å². The van der Waals surface area contributed by atoms with Crippen molar-refractivity contribution in [3.05, 3.63) is 23.8 Å². The van der Waals surface area contributed by atoms with Gasteiger partial charge in [-0.3, -0.25) is 16.2 Å². The van der Waals surface area contributed by atoms with Crippen molar-refractivity contribution in [2.45, 2.75) is 31.7 Å². The summed E-state index contributed by atoms with van der Waals surface area (Å²) in [6.45, 7) is 2.39. The molecule has 1 heterocycles. The fourth-order valence-corrected chi connectivity index (χ4v) is 2.82. The third-order valence-electron chi connectivity index (χ3n) is 4.46. The molecule has 1 atom stereocenters. The van der Waals surface area contributed by atoms with Gasteiger partial charge in [0.15, 0.2) is 24.4 Å². The quantitative estimate of drug-likeness (QED) is 0.222. The van der Waals surface area contributed by atoms with E-state index in [0.29, 0.717) is 17.5 Å². The molecule has 0 aliphatic carbocycles. The monoisotopic (exact) mass is 383 g/mol. The molecule has 1 aromatic carbocycles. The van der Waals surface area contributed by atoms with E-state index in [1.807, 2.05) is 12.1 Å². The molecular weight excluding hydrogens is 354 g/mol. The lowest BCUT2D eigenvalue weighted by molar-refractivity contribution is -0.143. The number of esters is 1. The van der Waals surface area contributed by atoms with Crippen molar-refractivity contribution in [2.75, 3.05) is 40.5 Å². The van der Waals surface area contributed by atoms with Gasteiger partial charge in [0, 0.05) is 32.8 Å². The second-order valence-corrected chi connectivity index (χ2v) is 6.36. The maximum Gasteiger partial charge on any atom is 0.343 e. The first kappa shape index (κ1) is 21.4. The van der Waals surface area contributed by atoms with Crippen LogP contribution >= 0.6 is 0 Å². The number of aliphatic hydroxyl groups is 1. The van der Waals surface area contributed by atoms with Gasteiger partial charge in [0.1, 0.15) is 6.61 Å². The zero-order chi connectivity index (χ0) is 19.6. The van der Waals surface area contributed by atoms with E-state index >= 15 is 0 Å². The van der Waals surface area contributed by atoms with Crippen molar-refractivity contribution in [1.82, 2.24) is 10.3 Å². The van der Waals surface area contributed by atoms with Gasteiger partial charge in [-0.2, -0.15) is 0 Å². The lowest BCUT2D eigenvalue weighted by atomic mass is 10.0. The predicted molar refractivity (Wildman–Crippen MR) is 98.1 cm³/mol. The highest BCUT2D eigenvalue weighted by Crippen LogP contribution is 2.29. The molecule has 152 valence electrons. The van der Waals surface area contributed by atoms with Crippen molar-refractivity contribution in [3.8, 4) is 11.5 Å². The average molecular weight is 383 g/mol. The fraction of sp³-hybridized carbons (Fsp3) is 0.611. The third kappa shape index (κ3) is 6.96. The number of benzene rings is 1. The smallest absolute Gasteiger partial charge is 0.343 e. The van der Waals surface area contributed by atoms with Crippen molar-refractivity contribution in [1.29, 1.82) is 0 Å². The molecule has 1 aliphatic heterocycles. The standard InChI is InChI=1S/C18H29N3O6/c1-24-17(22)11-26-15-4-3-13(9-16(15)27-12-18(23)25-2)10-21-7-5-14(20-19)6-8-21/h3-4,9,14,18,20,23H,5-8,10-12,19H2,1-2H3. The number of nitrogens with zero attached hydrogens (tertiary/aromatic N) is 1. The normalized spacial score (nSPS) is 16.7. The van der Waals surface area contributed by atoms with Crippen LogP contribution in [0.2, 0.25) is 0 Å². The molecule has 1 aromatic rings. The number of methoxy groups -OCH3 is 2. The van der Waals surface area contributed by atoms with E-state index in [4.69, 9.17) is 20.1 Å². The van der Waals surface area contributed by atoms with E-state index in [0.717, 1.165) is 38.0 Å². The summed E-state index contributed by atoms with van der Waals surface area (Å²) in [5.41, 5.74) is 3.87. The molecule has 1 aliphatic rings. The molecule has 0 bridgehead atoms. The second kappa shape index (κ2) is 11.1. The Bertz CT molecular complexity index is 592. The number of hydrogen-bond donors (Lipinski definition) is 3. The number of nitrogens with two attached hydrogens (primary N) is 1. The van der Waals surface area contributed by atoms with Gasteiger partial charge in [-0.05, 0) is 30.5 Å². The Morgan fingerprint density at radius 1 is 1.30 bits per heavy atom. The number of likely N-dealkylation sites (tertiary alicyclic amines) is 1. The van der Waals surface area contributed by atoms with Gasteiger partial charge in [-0.25, -0.2) is 4.79 Å². The summed E-state index contributed by atoms with van der Waals surface area (Å²) in [5, 5.41) is 9.56. The highest BCUT2D eigenvalue weighted by atomic mass is 16.6. The Morgan fingerprint density at radius 2 is 2.04 bits per heavy atom. The maximum absolute atomic E-state index is 11.3. The summed E-state index contributed by atoms with van der Waals surface area (Å²) in [5.74, 6) is 5.85. The molecule has 0 aromatic heterocycles. The van der Waals surface area contributed by atoms with Crippen molar-refractivity contribution >= 4 is 5.97 Å². The lowest BCUT2D eigenvalue weighted by Crippen LogP contribution is -2.44. The molecule has 27 heavy (non-hydrogen) atoms. The van der Waals surface area contributed by atoms with E-state index < -0.39 is 12.3 Å². The molecule has 2 rings (SSSR count). The first-order valence-electron chi connectivity index (χ1n) is 8.90. The number of hydrogen-bond acceptors (Lipinski definition) is 9. The Balaban J connectivity index is 2.03. The Labute approximate surface area is 159 Å². The van der Waals surface area contributed by atoms with E-state index in [9.17, 15) is 9.90 Å². The number of carbonyl (C=O) groups excluding carboxylic acids is 1. The van der Waals surface area contributed by atoms with Gasteiger partial charge in [0.05, 0.1) is 7.11 Å². The first-order chi connectivity index (χ1) is 13.0. The molecule has 1 fully saturated rings.